The van der Waals surface area contributed by atoms with Crippen molar-refractivity contribution in [3.63, 3.8) is 0 Å². The van der Waals surface area contributed by atoms with Crippen LogP contribution in [0, 0.1) is 0 Å². The van der Waals surface area contributed by atoms with Crippen LogP contribution in [0.3, 0.4) is 0 Å². The summed E-state index contributed by atoms with van der Waals surface area (Å²) in [6.45, 7) is 3.43. The molecule has 1 unspecified atom stereocenters. The van der Waals surface area contributed by atoms with Crippen molar-refractivity contribution in [3.8, 4) is 11.4 Å². The van der Waals surface area contributed by atoms with E-state index in [-0.39, 0.29) is 18.0 Å². The van der Waals surface area contributed by atoms with Crippen LogP contribution in [0.2, 0.25) is 0 Å². The number of carbonyl (C=O) groups excluding carboxylic acids is 2. The van der Waals surface area contributed by atoms with Crippen molar-refractivity contribution in [2.24, 2.45) is 0 Å². The summed E-state index contributed by atoms with van der Waals surface area (Å²) in [4.78, 5) is 26.2. The molecule has 0 radical (unpaired) electrons. The molecule has 2 aromatic rings. The number of benzene rings is 1. The lowest BCUT2D eigenvalue weighted by Gasteiger charge is -2.26. The highest BCUT2D eigenvalue weighted by atomic mass is 16.2. The first-order valence-corrected chi connectivity index (χ1v) is 10.4. The molecular weight excluding hydrogens is 370 g/mol. The number of anilines is 1. The highest BCUT2D eigenvalue weighted by molar-refractivity contribution is 5.89. The Morgan fingerprint density at radius 3 is 2.93 bits per heavy atom. The molecule has 2 fully saturated rings. The summed E-state index contributed by atoms with van der Waals surface area (Å²) in [7, 11) is 0. The summed E-state index contributed by atoms with van der Waals surface area (Å²) in [5.41, 5.74) is 1.56. The van der Waals surface area contributed by atoms with Crippen molar-refractivity contribution in [2.75, 3.05) is 18.4 Å². The lowest BCUT2D eigenvalue weighted by atomic mass is 10.1. The Kier molecular flexibility index (Phi) is 5.73. The van der Waals surface area contributed by atoms with E-state index in [1.54, 1.807) is 0 Å². The molecule has 29 heavy (non-hydrogen) atoms. The number of nitrogens with zero attached hydrogens (tertiary/aromatic N) is 5. The molecule has 1 saturated carbocycles. The van der Waals surface area contributed by atoms with Crippen molar-refractivity contribution in [1.82, 2.24) is 30.4 Å². The molecule has 1 aromatic carbocycles. The van der Waals surface area contributed by atoms with Crippen LogP contribution < -0.4 is 10.6 Å². The van der Waals surface area contributed by atoms with E-state index < -0.39 is 0 Å². The molecule has 0 bridgehead atoms. The summed E-state index contributed by atoms with van der Waals surface area (Å²) >= 11 is 0. The third-order valence-corrected chi connectivity index (χ3v) is 5.55. The van der Waals surface area contributed by atoms with Crippen LogP contribution in [0.5, 0.6) is 0 Å². The Bertz CT molecular complexity index is 877. The van der Waals surface area contributed by atoms with E-state index >= 15 is 0 Å². The van der Waals surface area contributed by atoms with E-state index in [0.717, 1.165) is 50.0 Å². The van der Waals surface area contributed by atoms with Crippen molar-refractivity contribution in [1.29, 1.82) is 0 Å². The molecule has 154 valence electrons. The molecular formula is C20H27N7O2. The molecule has 1 saturated heterocycles. The minimum Gasteiger partial charge on any atom is -0.340 e. The molecule has 2 aliphatic rings. The number of rotatable bonds is 8. The number of amides is 3. The van der Waals surface area contributed by atoms with E-state index in [4.69, 9.17) is 0 Å². The van der Waals surface area contributed by atoms with Gasteiger partial charge < -0.3 is 15.5 Å². The summed E-state index contributed by atoms with van der Waals surface area (Å²) in [5, 5.41) is 17.8. The lowest BCUT2D eigenvalue weighted by molar-refractivity contribution is -0.129. The topological polar surface area (TPSA) is 105 Å². The van der Waals surface area contributed by atoms with Gasteiger partial charge in [0.1, 0.15) is 0 Å². The molecule has 1 aliphatic carbocycles. The zero-order valence-electron chi connectivity index (χ0n) is 16.7. The zero-order chi connectivity index (χ0) is 20.2. The maximum atomic E-state index is 12.3. The number of nitrogens with one attached hydrogen (secondary N) is 2. The van der Waals surface area contributed by atoms with Gasteiger partial charge in [-0.2, -0.15) is 0 Å². The van der Waals surface area contributed by atoms with Gasteiger partial charge in [0, 0.05) is 36.8 Å². The van der Waals surface area contributed by atoms with Gasteiger partial charge in [0.2, 0.25) is 5.91 Å². The van der Waals surface area contributed by atoms with E-state index in [2.05, 4.69) is 33.1 Å². The third kappa shape index (κ3) is 4.55. The first-order chi connectivity index (χ1) is 14.2. The Labute approximate surface area is 169 Å². The molecule has 9 nitrogen and oxygen atoms in total. The number of tetrazole rings is 1. The Balaban J connectivity index is 1.30. The van der Waals surface area contributed by atoms with Gasteiger partial charge in [-0.05, 0) is 54.7 Å². The molecule has 1 atom stereocenters. The number of hydrogen-bond acceptors (Lipinski definition) is 5. The van der Waals surface area contributed by atoms with Crippen molar-refractivity contribution in [2.45, 2.75) is 57.5 Å². The standard InChI is InChI=1S/C20H27N7O2/c1-2-16(26-12-4-7-18(26)28)10-11-21-20(29)22-15-6-3-5-14(13-15)19-23-24-25-27(19)17-8-9-17/h3,5-6,13,16-17H,2,4,7-12H2,1H3,(H2,21,22,29). The van der Waals surface area contributed by atoms with Crippen LogP contribution in [-0.2, 0) is 4.79 Å². The molecule has 0 spiro atoms. The Morgan fingerprint density at radius 1 is 1.34 bits per heavy atom. The summed E-state index contributed by atoms with van der Waals surface area (Å²) in [6, 6.07) is 7.85. The largest absolute Gasteiger partial charge is 0.340 e. The Morgan fingerprint density at radius 2 is 2.21 bits per heavy atom. The number of hydrogen-bond donors (Lipinski definition) is 2. The molecule has 1 aromatic heterocycles. The second-order valence-electron chi connectivity index (χ2n) is 7.68. The lowest BCUT2D eigenvalue weighted by Crippen LogP contribution is -2.39. The minimum atomic E-state index is -0.258. The Hall–Kier alpha value is -2.97. The predicted octanol–water partition coefficient (Wildman–Crippen LogP) is 2.59. The summed E-state index contributed by atoms with van der Waals surface area (Å²) in [5.74, 6) is 0.948. The fourth-order valence-corrected chi connectivity index (χ4v) is 3.85. The molecule has 9 heteroatoms. The van der Waals surface area contributed by atoms with E-state index in [0.29, 0.717) is 24.7 Å². The smallest absolute Gasteiger partial charge is 0.319 e. The molecule has 2 heterocycles. The van der Waals surface area contributed by atoms with Gasteiger partial charge in [0.15, 0.2) is 5.82 Å². The number of aromatic nitrogens is 4. The van der Waals surface area contributed by atoms with Gasteiger partial charge in [-0.3, -0.25) is 4.79 Å². The average molecular weight is 397 g/mol. The quantitative estimate of drug-likeness (QED) is 0.712. The fourth-order valence-electron chi connectivity index (χ4n) is 3.85. The third-order valence-electron chi connectivity index (χ3n) is 5.55. The fraction of sp³-hybridized carbons (Fsp3) is 0.550. The van der Waals surface area contributed by atoms with Gasteiger partial charge in [0.25, 0.3) is 0 Å². The van der Waals surface area contributed by atoms with Gasteiger partial charge in [0.05, 0.1) is 6.04 Å². The summed E-state index contributed by atoms with van der Waals surface area (Å²) < 4.78 is 1.85. The maximum Gasteiger partial charge on any atom is 0.319 e. The van der Waals surface area contributed by atoms with Gasteiger partial charge >= 0.3 is 6.03 Å². The van der Waals surface area contributed by atoms with Gasteiger partial charge in [-0.25, -0.2) is 9.48 Å². The highest BCUT2D eigenvalue weighted by Gasteiger charge is 2.28. The first kappa shape index (κ1) is 19.4. The van der Waals surface area contributed by atoms with Crippen LogP contribution in [0.4, 0.5) is 10.5 Å². The molecule has 3 amide bonds. The van der Waals surface area contributed by atoms with Crippen LogP contribution >= 0.6 is 0 Å². The van der Waals surface area contributed by atoms with Crippen molar-refractivity contribution in [3.05, 3.63) is 24.3 Å². The highest BCUT2D eigenvalue weighted by Crippen LogP contribution is 2.36. The van der Waals surface area contributed by atoms with E-state index in [1.165, 1.54) is 0 Å². The maximum absolute atomic E-state index is 12.3. The summed E-state index contributed by atoms with van der Waals surface area (Å²) in [6.07, 6.45) is 5.42. The van der Waals surface area contributed by atoms with Crippen LogP contribution in [0.15, 0.2) is 24.3 Å². The number of likely N-dealkylation sites (tertiary alicyclic amines) is 1. The minimum absolute atomic E-state index is 0.190. The zero-order valence-corrected chi connectivity index (χ0v) is 16.7. The normalized spacial score (nSPS) is 17.4. The molecule has 2 N–H and O–H groups in total. The SMILES string of the molecule is CCC(CCNC(=O)Nc1cccc(-c2nnnn2C2CC2)c1)N1CCCC1=O. The second-order valence-corrected chi connectivity index (χ2v) is 7.68. The number of urea groups is 1. The van der Waals surface area contributed by atoms with Crippen molar-refractivity contribution >= 4 is 17.6 Å². The second kappa shape index (κ2) is 8.59. The van der Waals surface area contributed by atoms with Crippen molar-refractivity contribution < 1.29 is 9.59 Å². The van der Waals surface area contributed by atoms with E-state index in [1.807, 2.05) is 33.8 Å². The average Bonchev–Trinajstić information content (AvgIpc) is 3.29. The predicted molar refractivity (Wildman–Crippen MR) is 108 cm³/mol. The van der Waals surface area contributed by atoms with E-state index in [9.17, 15) is 9.59 Å². The van der Waals surface area contributed by atoms with Gasteiger partial charge in [-0.15, -0.1) is 5.10 Å². The van der Waals surface area contributed by atoms with Gasteiger partial charge in [-0.1, -0.05) is 19.1 Å². The molecule has 4 rings (SSSR count). The van der Waals surface area contributed by atoms with Crippen LogP contribution in [0.1, 0.15) is 51.5 Å². The van der Waals surface area contributed by atoms with Crippen LogP contribution in [-0.4, -0.2) is 56.2 Å². The first-order valence-electron chi connectivity index (χ1n) is 10.4. The monoisotopic (exact) mass is 397 g/mol. The number of carbonyl (C=O) groups is 2. The van der Waals surface area contributed by atoms with Crippen LogP contribution in [0.25, 0.3) is 11.4 Å². The molecule has 1 aliphatic heterocycles.